The predicted octanol–water partition coefficient (Wildman–Crippen LogP) is 2.29. The fourth-order valence-electron chi connectivity index (χ4n) is 1.19. The van der Waals surface area contributed by atoms with Crippen molar-refractivity contribution in [3.63, 3.8) is 0 Å². The summed E-state index contributed by atoms with van der Waals surface area (Å²) in [4.78, 5) is 7.08. The molecule has 0 atom stereocenters. The van der Waals surface area contributed by atoms with Crippen molar-refractivity contribution >= 4 is 0 Å². The number of imidazole rings is 1. The Hall–Kier alpha value is -1.85. The van der Waals surface area contributed by atoms with Crippen molar-refractivity contribution in [3.05, 3.63) is 42.6 Å². The molecule has 0 radical (unpaired) electrons. The second-order valence-corrected chi connectivity index (χ2v) is 2.81. The van der Waals surface area contributed by atoms with Crippen LogP contribution in [0.5, 0.6) is 0 Å². The zero-order valence-electron chi connectivity index (χ0n) is 7.44. The molecule has 0 aliphatic heterocycles. The molecule has 2 aromatic heterocycles. The SMILES string of the molecule is FC(F)(F)c1nccn1-c1ccccn1. The fraction of sp³-hybridized carbons (Fsp3) is 0.111. The van der Waals surface area contributed by atoms with E-state index in [1.807, 2.05) is 0 Å². The topological polar surface area (TPSA) is 30.7 Å². The molecule has 0 N–H and O–H groups in total. The summed E-state index contributed by atoms with van der Waals surface area (Å²) in [6, 6.07) is 4.73. The van der Waals surface area contributed by atoms with E-state index >= 15 is 0 Å². The molecule has 0 aromatic carbocycles. The Balaban J connectivity index is 2.51. The van der Waals surface area contributed by atoms with Crippen LogP contribution in [0.3, 0.4) is 0 Å². The molecule has 2 rings (SSSR count). The van der Waals surface area contributed by atoms with Crippen molar-refractivity contribution in [1.29, 1.82) is 0 Å². The van der Waals surface area contributed by atoms with Gasteiger partial charge in [-0.2, -0.15) is 13.2 Å². The number of hydrogen-bond acceptors (Lipinski definition) is 2. The predicted molar refractivity (Wildman–Crippen MR) is 46.4 cm³/mol. The van der Waals surface area contributed by atoms with Gasteiger partial charge in [-0.15, -0.1) is 0 Å². The molecule has 0 unspecified atom stereocenters. The number of hydrogen-bond donors (Lipinski definition) is 0. The first-order chi connectivity index (χ1) is 7.09. The standard InChI is InChI=1S/C9H6F3N3/c10-9(11,12)8-14-5-6-15(8)7-3-1-2-4-13-7/h1-6H. The molecule has 2 heterocycles. The summed E-state index contributed by atoms with van der Waals surface area (Å²) in [6.07, 6.45) is -0.723. The second-order valence-electron chi connectivity index (χ2n) is 2.81. The first-order valence-corrected chi connectivity index (χ1v) is 4.11. The number of alkyl halides is 3. The van der Waals surface area contributed by atoms with E-state index in [-0.39, 0.29) is 5.82 Å². The highest BCUT2D eigenvalue weighted by molar-refractivity contribution is 5.24. The minimum Gasteiger partial charge on any atom is -0.280 e. The van der Waals surface area contributed by atoms with Crippen molar-refractivity contribution in [1.82, 2.24) is 14.5 Å². The lowest BCUT2D eigenvalue weighted by molar-refractivity contribution is -0.146. The zero-order valence-corrected chi connectivity index (χ0v) is 7.44. The van der Waals surface area contributed by atoms with Gasteiger partial charge in [0, 0.05) is 18.6 Å². The van der Waals surface area contributed by atoms with Gasteiger partial charge >= 0.3 is 6.18 Å². The summed E-state index contributed by atoms with van der Waals surface area (Å²) < 4.78 is 38.3. The Labute approximate surface area is 83.2 Å². The molecule has 0 aliphatic rings. The van der Waals surface area contributed by atoms with E-state index in [1.54, 1.807) is 12.1 Å². The molecule has 15 heavy (non-hydrogen) atoms. The normalized spacial score (nSPS) is 11.7. The molecule has 0 amide bonds. The Bertz CT molecular complexity index is 447. The van der Waals surface area contributed by atoms with E-state index in [4.69, 9.17) is 0 Å². The maximum Gasteiger partial charge on any atom is 0.450 e. The zero-order chi connectivity index (χ0) is 10.9. The summed E-state index contributed by atoms with van der Waals surface area (Å²) in [5.74, 6) is -0.775. The van der Waals surface area contributed by atoms with Gasteiger partial charge in [0.1, 0.15) is 5.82 Å². The third-order valence-electron chi connectivity index (χ3n) is 1.79. The lowest BCUT2D eigenvalue weighted by Crippen LogP contribution is -2.14. The molecular weight excluding hydrogens is 207 g/mol. The van der Waals surface area contributed by atoms with Gasteiger partial charge in [-0.1, -0.05) is 6.07 Å². The average molecular weight is 213 g/mol. The summed E-state index contributed by atoms with van der Waals surface area (Å²) in [7, 11) is 0. The third-order valence-corrected chi connectivity index (χ3v) is 1.79. The highest BCUT2D eigenvalue weighted by atomic mass is 19.4. The largest absolute Gasteiger partial charge is 0.450 e. The average Bonchev–Trinajstić information content (AvgIpc) is 2.67. The highest BCUT2D eigenvalue weighted by Crippen LogP contribution is 2.28. The molecule has 6 heteroatoms. The maximum absolute atomic E-state index is 12.5. The number of rotatable bonds is 1. The minimum atomic E-state index is -4.47. The Morgan fingerprint density at radius 3 is 2.47 bits per heavy atom. The Morgan fingerprint density at radius 1 is 1.07 bits per heavy atom. The number of halogens is 3. The molecule has 0 fully saturated rings. The number of aromatic nitrogens is 3. The molecule has 2 aromatic rings. The van der Waals surface area contributed by atoms with Crippen LogP contribution in [0.15, 0.2) is 36.8 Å². The summed E-state index contributed by atoms with van der Waals surface area (Å²) >= 11 is 0. The lowest BCUT2D eigenvalue weighted by atomic mass is 10.4. The van der Waals surface area contributed by atoms with Crippen LogP contribution in [-0.4, -0.2) is 14.5 Å². The van der Waals surface area contributed by atoms with Gasteiger partial charge in [0.25, 0.3) is 0 Å². The summed E-state index contributed by atoms with van der Waals surface area (Å²) in [5, 5.41) is 0. The first kappa shape index (κ1) is 9.70. The van der Waals surface area contributed by atoms with Crippen molar-refractivity contribution in [2.75, 3.05) is 0 Å². The molecule has 0 spiro atoms. The van der Waals surface area contributed by atoms with E-state index in [2.05, 4.69) is 9.97 Å². The Kier molecular flexibility index (Phi) is 2.18. The van der Waals surface area contributed by atoms with Crippen LogP contribution in [0.4, 0.5) is 13.2 Å². The number of nitrogens with zero attached hydrogens (tertiary/aromatic N) is 3. The van der Waals surface area contributed by atoms with Crippen LogP contribution in [0.25, 0.3) is 5.82 Å². The van der Waals surface area contributed by atoms with Crippen LogP contribution in [0.1, 0.15) is 5.82 Å². The van der Waals surface area contributed by atoms with Crippen LogP contribution in [0.2, 0.25) is 0 Å². The van der Waals surface area contributed by atoms with Gasteiger partial charge in [-0.05, 0) is 12.1 Å². The summed E-state index contributed by atoms with van der Waals surface area (Å²) in [6.45, 7) is 0. The van der Waals surface area contributed by atoms with E-state index in [0.717, 1.165) is 10.8 Å². The molecule has 0 aliphatic carbocycles. The van der Waals surface area contributed by atoms with Crippen molar-refractivity contribution in [2.24, 2.45) is 0 Å². The monoisotopic (exact) mass is 213 g/mol. The van der Waals surface area contributed by atoms with E-state index < -0.39 is 12.0 Å². The molecule has 0 bridgehead atoms. The van der Waals surface area contributed by atoms with E-state index in [9.17, 15) is 13.2 Å². The van der Waals surface area contributed by atoms with E-state index in [1.165, 1.54) is 18.5 Å². The van der Waals surface area contributed by atoms with Gasteiger partial charge in [-0.3, -0.25) is 4.57 Å². The molecule has 0 saturated carbocycles. The molecular formula is C9H6F3N3. The van der Waals surface area contributed by atoms with Crippen LogP contribution in [0, 0.1) is 0 Å². The van der Waals surface area contributed by atoms with Crippen LogP contribution < -0.4 is 0 Å². The highest BCUT2D eigenvalue weighted by Gasteiger charge is 2.36. The van der Waals surface area contributed by atoms with Crippen LogP contribution in [-0.2, 0) is 6.18 Å². The second kappa shape index (κ2) is 3.38. The smallest absolute Gasteiger partial charge is 0.280 e. The lowest BCUT2D eigenvalue weighted by Gasteiger charge is -2.08. The van der Waals surface area contributed by atoms with E-state index in [0.29, 0.717) is 0 Å². The van der Waals surface area contributed by atoms with Crippen molar-refractivity contribution in [2.45, 2.75) is 6.18 Å². The van der Waals surface area contributed by atoms with Gasteiger partial charge in [-0.25, -0.2) is 9.97 Å². The van der Waals surface area contributed by atoms with Gasteiger partial charge in [0.05, 0.1) is 0 Å². The maximum atomic E-state index is 12.5. The van der Waals surface area contributed by atoms with Gasteiger partial charge in [0.15, 0.2) is 0 Å². The minimum absolute atomic E-state index is 0.197. The third kappa shape index (κ3) is 1.83. The molecule has 78 valence electrons. The molecule has 0 saturated heterocycles. The fourth-order valence-corrected chi connectivity index (χ4v) is 1.19. The molecule has 3 nitrogen and oxygen atoms in total. The van der Waals surface area contributed by atoms with Gasteiger partial charge < -0.3 is 0 Å². The summed E-state index contributed by atoms with van der Waals surface area (Å²) in [5.41, 5.74) is 0. The van der Waals surface area contributed by atoms with Crippen molar-refractivity contribution in [3.8, 4) is 5.82 Å². The quantitative estimate of drug-likeness (QED) is 0.727. The first-order valence-electron chi connectivity index (χ1n) is 4.11. The van der Waals surface area contributed by atoms with Crippen molar-refractivity contribution < 1.29 is 13.2 Å². The number of pyridine rings is 1. The Morgan fingerprint density at radius 2 is 1.87 bits per heavy atom. The van der Waals surface area contributed by atoms with Crippen LogP contribution >= 0.6 is 0 Å². The van der Waals surface area contributed by atoms with Gasteiger partial charge in [0.2, 0.25) is 5.82 Å².